The van der Waals surface area contributed by atoms with Gasteiger partial charge in [0.15, 0.2) is 0 Å². The van der Waals surface area contributed by atoms with Crippen LogP contribution in [0.5, 0.6) is 11.5 Å². The van der Waals surface area contributed by atoms with Crippen LogP contribution in [0.2, 0.25) is 0 Å². The van der Waals surface area contributed by atoms with Crippen molar-refractivity contribution < 1.29 is 14.2 Å². The van der Waals surface area contributed by atoms with Crippen LogP contribution in [-0.4, -0.2) is 57.0 Å². The predicted molar refractivity (Wildman–Crippen MR) is 163 cm³/mol. The second-order valence-corrected chi connectivity index (χ2v) is 11.2. The van der Waals surface area contributed by atoms with Gasteiger partial charge in [0, 0.05) is 22.7 Å². The van der Waals surface area contributed by atoms with Crippen molar-refractivity contribution in [3.8, 4) is 22.6 Å². The average molecular weight is 562 g/mol. The number of aromatic amines is 1. The van der Waals surface area contributed by atoms with Crippen LogP contribution < -0.4 is 4.74 Å². The second-order valence-electron chi connectivity index (χ2n) is 11.2. The summed E-state index contributed by atoms with van der Waals surface area (Å²) in [5.41, 5.74) is 6.10. The molecule has 0 amide bonds. The van der Waals surface area contributed by atoms with Crippen LogP contribution >= 0.6 is 0 Å². The Morgan fingerprint density at radius 3 is 2.52 bits per heavy atom. The Kier molecular flexibility index (Phi) is 6.63. The fourth-order valence-electron chi connectivity index (χ4n) is 6.13. The first-order valence-electron chi connectivity index (χ1n) is 14.3. The number of likely N-dealkylation sites (tertiary alicyclic amines) is 1. The summed E-state index contributed by atoms with van der Waals surface area (Å²) in [4.78, 5) is 10.5. The maximum absolute atomic E-state index is 14.5. The number of fused-ring (bicyclic) bond motifs is 2. The van der Waals surface area contributed by atoms with E-state index < -0.39 is 11.9 Å². The molecule has 212 valence electrons. The zero-order chi connectivity index (χ0) is 28.8. The molecule has 1 unspecified atom stereocenters. The van der Waals surface area contributed by atoms with Crippen LogP contribution in [0.25, 0.3) is 33.1 Å². The Labute approximate surface area is 243 Å². The largest absolute Gasteiger partial charge is 0.508 e. The van der Waals surface area contributed by atoms with Gasteiger partial charge in [0.25, 0.3) is 0 Å². The van der Waals surface area contributed by atoms with E-state index >= 15 is 0 Å². The average Bonchev–Trinajstić information content (AvgIpc) is 3.62. The zero-order valence-corrected chi connectivity index (χ0v) is 23.6. The number of piperidine rings is 1. The van der Waals surface area contributed by atoms with Crippen molar-refractivity contribution in [3.63, 3.8) is 0 Å². The van der Waals surface area contributed by atoms with Crippen molar-refractivity contribution in [1.29, 1.82) is 0 Å². The minimum Gasteiger partial charge on any atom is -0.508 e. The topological polar surface area (TPSA) is 79.2 Å². The standard InChI is InChI=1S/C34H32FN5O2/c1-39-15-13-22(14-16-39)21-7-9-23(10-8-21)26-19-30-24(17-32(26)42-2)20-40(38-30)33(27-18-25(35)11-12-31(27)41)34-36-28-5-3-4-6-29(28)37-34/h3-12,17-20,22,33,41H,13-16H2,1-2H3,(H,36,37). The van der Waals surface area contributed by atoms with Crippen LogP contribution in [0.4, 0.5) is 4.39 Å². The highest BCUT2D eigenvalue weighted by Gasteiger charge is 2.26. The highest BCUT2D eigenvalue weighted by atomic mass is 19.1. The maximum Gasteiger partial charge on any atom is 0.138 e. The van der Waals surface area contributed by atoms with Gasteiger partial charge in [-0.25, -0.2) is 9.37 Å². The highest BCUT2D eigenvalue weighted by Crippen LogP contribution is 2.38. The molecule has 3 heterocycles. The number of nitrogens with one attached hydrogen (secondary N) is 1. The lowest BCUT2D eigenvalue weighted by Gasteiger charge is -2.29. The van der Waals surface area contributed by atoms with Crippen LogP contribution in [0.3, 0.4) is 0 Å². The Morgan fingerprint density at radius 2 is 1.76 bits per heavy atom. The number of hydrogen-bond donors (Lipinski definition) is 2. The molecule has 1 saturated heterocycles. The Balaban J connectivity index is 1.30. The van der Waals surface area contributed by atoms with Gasteiger partial charge in [0.2, 0.25) is 0 Å². The molecule has 1 fully saturated rings. The van der Waals surface area contributed by atoms with Gasteiger partial charge in [-0.15, -0.1) is 0 Å². The first kappa shape index (κ1) is 26.2. The van der Waals surface area contributed by atoms with Gasteiger partial charge in [-0.3, -0.25) is 4.68 Å². The van der Waals surface area contributed by atoms with Gasteiger partial charge in [0.1, 0.15) is 29.2 Å². The van der Waals surface area contributed by atoms with Crippen molar-refractivity contribution in [1.82, 2.24) is 24.6 Å². The minimum atomic E-state index is -0.691. The molecule has 7 rings (SSSR count). The summed E-state index contributed by atoms with van der Waals surface area (Å²) in [6.07, 6.45) is 4.23. The number of para-hydroxylation sites is 2. The lowest BCUT2D eigenvalue weighted by atomic mass is 9.88. The minimum absolute atomic E-state index is 0.0376. The molecule has 8 heteroatoms. The van der Waals surface area contributed by atoms with E-state index in [-0.39, 0.29) is 5.75 Å². The van der Waals surface area contributed by atoms with Gasteiger partial charge in [-0.1, -0.05) is 36.4 Å². The van der Waals surface area contributed by atoms with Gasteiger partial charge < -0.3 is 19.7 Å². The predicted octanol–water partition coefficient (Wildman–Crippen LogP) is 6.88. The molecular weight excluding hydrogens is 529 g/mol. The van der Waals surface area contributed by atoms with Crippen LogP contribution in [0, 0.1) is 5.82 Å². The summed E-state index contributed by atoms with van der Waals surface area (Å²) in [6, 6.07) is 23.7. The third kappa shape index (κ3) is 4.77. The number of rotatable bonds is 6. The Bertz CT molecular complexity index is 1850. The summed E-state index contributed by atoms with van der Waals surface area (Å²) in [5.74, 6) is 1.38. The second kappa shape index (κ2) is 10.6. The quantitative estimate of drug-likeness (QED) is 0.232. The van der Waals surface area contributed by atoms with Gasteiger partial charge in [0.05, 0.1) is 23.7 Å². The van der Waals surface area contributed by atoms with E-state index in [4.69, 9.17) is 14.8 Å². The van der Waals surface area contributed by atoms with E-state index in [9.17, 15) is 9.50 Å². The van der Waals surface area contributed by atoms with E-state index in [1.807, 2.05) is 42.6 Å². The van der Waals surface area contributed by atoms with E-state index in [0.717, 1.165) is 51.9 Å². The molecular formula is C34H32FN5O2. The van der Waals surface area contributed by atoms with Gasteiger partial charge in [-0.05, 0) is 92.5 Å². The SMILES string of the molecule is COc1cc2cn(C(c3nc4ccccc4[nH]3)c3cc(F)ccc3O)nc2cc1-c1ccc(C2CCN(C)CC2)cc1. The zero-order valence-electron chi connectivity index (χ0n) is 23.6. The molecule has 2 N–H and O–H groups in total. The molecule has 0 saturated carbocycles. The number of nitrogens with zero attached hydrogens (tertiary/aromatic N) is 4. The van der Waals surface area contributed by atoms with Crippen molar-refractivity contribution in [2.75, 3.05) is 27.2 Å². The van der Waals surface area contributed by atoms with Crippen LogP contribution in [-0.2, 0) is 0 Å². The van der Waals surface area contributed by atoms with Crippen LogP contribution in [0.15, 0.2) is 85.1 Å². The number of ether oxygens (including phenoxy) is 1. The number of methoxy groups -OCH3 is 1. The Hall–Kier alpha value is -4.69. The summed E-state index contributed by atoms with van der Waals surface area (Å²) >= 11 is 0. The molecule has 42 heavy (non-hydrogen) atoms. The molecule has 6 aromatic rings. The molecule has 0 bridgehead atoms. The number of imidazole rings is 1. The third-order valence-corrected chi connectivity index (χ3v) is 8.47. The van der Waals surface area contributed by atoms with Crippen molar-refractivity contribution >= 4 is 21.9 Å². The lowest BCUT2D eigenvalue weighted by Crippen LogP contribution is -2.29. The third-order valence-electron chi connectivity index (χ3n) is 8.47. The van der Waals surface area contributed by atoms with Crippen molar-refractivity contribution in [2.45, 2.75) is 24.8 Å². The van der Waals surface area contributed by atoms with Gasteiger partial charge >= 0.3 is 0 Å². The van der Waals surface area contributed by atoms with Crippen molar-refractivity contribution in [3.05, 3.63) is 108 Å². The number of phenolic OH excluding ortho intramolecular Hbond substituents is 1. The van der Waals surface area contributed by atoms with E-state index in [1.54, 1.807) is 11.8 Å². The molecule has 1 aliphatic rings. The number of benzene rings is 4. The molecule has 2 aromatic heterocycles. The summed E-state index contributed by atoms with van der Waals surface area (Å²) in [5, 5.41) is 16.6. The molecule has 1 atom stereocenters. The monoisotopic (exact) mass is 561 g/mol. The molecule has 1 aliphatic heterocycles. The summed E-state index contributed by atoms with van der Waals surface area (Å²) in [7, 11) is 3.85. The molecule has 7 nitrogen and oxygen atoms in total. The fraction of sp³-hybridized carbons (Fsp3) is 0.235. The smallest absolute Gasteiger partial charge is 0.138 e. The van der Waals surface area contributed by atoms with Gasteiger partial charge in [-0.2, -0.15) is 5.10 Å². The fourth-order valence-corrected chi connectivity index (χ4v) is 6.13. The number of hydrogen-bond acceptors (Lipinski definition) is 5. The lowest BCUT2D eigenvalue weighted by molar-refractivity contribution is 0.255. The number of halogens is 1. The Morgan fingerprint density at radius 1 is 0.976 bits per heavy atom. The highest BCUT2D eigenvalue weighted by molar-refractivity contribution is 5.88. The van der Waals surface area contributed by atoms with E-state index in [1.165, 1.54) is 36.6 Å². The normalized spacial score (nSPS) is 15.4. The van der Waals surface area contributed by atoms with Crippen LogP contribution in [0.1, 0.15) is 41.8 Å². The molecule has 4 aromatic carbocycles. The summed E-state index contributed by atoms with van der Waals surface area (Å²) < 4.78 is 22.0. The first-order chi connectivity index (χ1) is 20.5. The number of phenols is 1. The molecule has 0 spiro atoms. The van der Waals surface area contributed by atoms with E-state index in [0.29, 0.717) is 17.3 Å². The molecule has 0 radical (unpaired) electrons. The number of H-pyrrole nitrogens is 1. The van der Waals surface area contributed by atoms with E-state index in [2.05, 4.69) is 41.2 Å². The maximum atomic E-state index is 14.5. The number of aromatic hydroxyl groups is 1. The summed E-state index contributed by atoms with van der Waals surface area (Å²) in [6.45, 7) is 2.25. The number of aromatic nitrogens is 4. The first-order valence-corrected chi connectivity index (χ1v) is 14.3. The molecule has 0 aliphatic carbocycles. The van der Waals surface area contributed by atoms with Crippen molar-refractivity contribution in [2.24, 2.45) is 0 Å².